The molecule has 0 aromatic heterocycles. The molecule has 0 aliphatic rings. The number of benzene rings is 1. The number of nitrogens with zero attached hydrogens (tertiary/aromatic N) is 1. The Bertz CT molecular complexity index is 564. The van der Waals surface area contributed by atoms with E-state index in [1.165, 1.54) is 44.1 Å². The van der Waals surface area contributed by atoms with E-state index in [1.54, 1.807) is 0 Å². The molecule has 0 fully saturated rings. The van der Waals surface area contributed by atoms with Gasteiger partial charge in [0.1, 0.15) is 18.2 Å². The van der Waals surface area contributed by atoms with Crippen molar-refractivity contribution in [2.24, 2.45) is 0 Å². The van der Waals surface area contributed by atoms with Crippen molar-refractivity contribution >= 4 is 15.5 Å². The third-order valence-corrected chi connectivity index (χ3v) is 4.83. The van der Waals surface area contributed by atoms with Crippen LogP contribution in [0.2, 0.25) is 0 Å². The lowest BCUT2D eigenvalue weighted by Gasteiger charge is -2.27. The molecule has 0 radical (unpaired) electrons. The monoisotopic (exact) mass is 318 g/mol. The molecule has 0 saturated heterocycles. The molecule has 1 aromatic rings. The molecule has 21 heavy (non-hydrogen) atoms. The van der Waals surface area contributed by atoms with Crippen LogP contribution in [-0.4, -0.2) is 55.4 Å². The van der Waals surface area contributed by atoms with Crippen LogP contribution in [0.3, 0.4) is 0 Å². The summed E-state index contributed by atoms with van der Waals surface area (Å²) in [5.41, 5.74) is 5.94. The molecule has 7 nitrogen and oxygen atoms in total. The third-order valence-electron chi connectivity index (χ3n) is 3.14. The van der Waals surface area contributed by atoms with Gasteiger partial charge in [0.05, 0.1) is 23.4 Å². The van der Waals surface area contributed by atoms with Crippen LogP contribution in [0, 0.1) is 0 Å². The smallest absolute Gasteiger partial charge is 0.179 e. The molecule has 8 heteroatoms. The van der Waals surface area contributed by atoms with Gasteiger partial charge in [-0.2, -0.15) is 0 Å². The second-order valence-electron chi connectivity index (χ2n) is 4.72. The van der Waals surface area contributed by atoms with Crippen molar-refractivity contribution in [1.82, 2.24) is 4.90 Å². The van der Waals surface area contributed by atoms with Gasteiger partial charge >= 0.3 is 0 Å². The number of aliphatic hydroxyl groups is 2. The number of rotatable bonds is 7. The van der Waals surface area contributed by atoms with E-state index < -0.39 is 22.3 Å². The second-order valence-corrected chi connectivity index (χ2v) is 6.83. The van der Waals surface area contributed by atoms with Gasteiger partial charge < -0.3 is 20.7 Å². The van der Waals surface area contributed by atoms with Crippen molar-refractivity contribution in [1.29, 1.82) is 0 Å². The Labute approximate surface area is 124 Å². The molecule has 0 heterocycles. The maximum Gasteiger partial charge on any atom is 0.179 e. The highest BCUT2D eigenvalue weighted by atomic mass is 32.2. The fourth-order valence-electron chi connectivity index (χ4n) is 1.94. The summed E-state index contributed by atoms with van der Waals surface area (Å²) in [6, 6.07) is 4.24. The lowest BCUT2D eigenvalue weighted by atomic mass is 10.3. The van der Waals surface area contributed by atoms with Crippen LogP contribution in [0.25, 0.3) is 0 Å². The molecule has 0 amide bonds. The highest BCUT2D eigenvalue weighted by molar-refractivity contribution is 7.91. The normalized spacial score (nSPS) is 15.0. The number of nitrogen functional groups attached to an aromatic ring is 1. The van der Waals surface area contributed by atoms with Crippen molar-refractivity contribution in [3.05, 3.63) is 18.2 Å². The van der Waals surface area contributed by atoms with Gasteiger partial charge in [0.15, 0.2) is 9.84 Å². The van der Waals surface area contributed by atoms with Gasteiger partial charge in [-0.25, -0.2) is 8.42 Å². The van der Waals surface area contributed by atoms with Crippen LogP contribution in [0.15, 0.2) is 23.1 Å². The summed E-state index contributed by atoms with van der Waals surface area (Å²) in [5.74, 6) is 0.165. The largest absolute Gasteiger partial charge is 0.495 e. The van der Waals surface area contributed by atoms with Crippen molar-refractivity contribution in [2.45, 2.75) is 31.2 Å². The second kappa shape index (κ2) is 7.08. The van der Waals surface area contributed by atoms with Gasteiger partial charge in [-0.05, 0) is 32.0 Å². The van der Waals surface area contributed by atoms with Crippen molar-refractivity contribution < 1.29 is 23.4 Å². The lowest BCUT2D eigenvalue weighted by Crippen LogP contribution is -2.42. The van der Waals surface area contributed by atoms with Crippen molar-refractivity contribution in [3.8, 4) is 5.75 Å². The van der Waals surface area contributed by atoms with Gasteiger partial charge in [0, 0.05) is 6.54 Å². The van der Waals surface area contributed by atoms with Gasteiger partial charge in [-0.15, -0.1) is 0 Å². The number of anilines is 1. The Kier molecular flexibility index (Phi) is 5.97. The Hall–Kier alpha value is -1.35. The van der Waals surface area contributed by atoms with Crippen LogP contribution >= 0.6 is 0 Å². The first-order valence-electron chi connectivity index (χ1n) is 6.47. The summed E-state index contributed by atoms with van der Waals surface area (Å²) >= 11 is 0. The quantitative estimate of drug-likeness (QED) is 0.480. The van der Waals surface area contributed by atoms with Crippen LogP contribution in [-0.2, 0) is 9.84 Å². The van der Waals surface area contributed by atoms with E-state index in [-0.39, 0.29) is 22.9 Å². The SMILES string of the molecule is COc1ccc(S(=O)(=O)CCN(C(C)O)C(C)O)cc1N. The summed E-state index contributed by atoms with van der Waals surface area (Å²) in [6.45, 7) is 2.93. The highest BCUT2D eigenvalue weighted by Crippen LogP contribution is 2.25. The van der Waals surface area contributed by atoms with Crippen LogP contribution in [0.1, 0.15) is 13.8 Å². The van der Waals surface area contributed by atoms with Gasteiger partial charge in [0.25, 0.3) is 0 Å². The number of nitrogens with two attached hydrogens (primary N) is 1. The van der Waals surface area contributed by atoms with E-state index >= 15 is 0 Å². The highest BCUT2D eigenvalue weighted by Gasteiger charge is 2.22. The summed E-state index contributed by atoms with van der Waals surface area (Å²) in [6.07, 6.45) is -1.89. The number of sulfone groups is 1. The average molecular weight is 318 g/mol. The standard InChI is InChI=1S/C13H22N2O5S/c1-9(16)15(10(2)17)6-7-21(18,19)11-4-5-13(20-3)12(14)8-11/h4-5,8-10,16-17H,6-7,14H2,1-3H3. The van der Waals surface area contributed by atoms with E-state index in [0.717, 1.165) is 0 Å². The summed E-state index contributed by atoms with van der Waals surface area (Å²) in [4.78, 5) is 1.35. The minimum Gasteiger partial charge on any atom is -0.495 e. The maximum absolute atomic E-state index is 12.2. The summed E-state index contributed by atoms with van der Waals surface area (Å²) in [5, 5.41) is 19.0. The summed E-state index contributed by atoms with van der Waals surface area (Å²) < 4.78 is 29.5. The Morgan fingerprint density at radius 3 is 2.29 bits per heavy atom. The number of methoxy groups -OCH3 is 1. The Balaban J connectivity index is 2.89. The van der Waals surface area contributed by atoms with E-state index in [1.807, 2.05) is 0 Å². The van der Waals surface area contributed by atoms with Gasteiger partial charge in [-0.3, -0.25) is 4.90 Å². The lowest BCUT2D eigenvalue weighted by molar-refractivity contribution is -0.0801. The molecule has 1 aromatic carbocycles. The van der Waals surface area contributed by atoms with E-state index in [0.29, 0.717) is 5.75 Å². The molecule has 2 unspecified atom stereocenters. The first kappa shape index (κ1) is 17.7. The zero-order valence-electron chi connectivity index (χ0n) is 12.4. The molecule has 4 N–H and O–H groups in total. The van der Waals surface area contributed by atoms with Crippen LogP contribution in [0.4, 0.5) is 5.69 Å². The molecule has 0 aliphatic heterocycles. The Morgan fingerprint density at radius 1 is 1.29 bits per heavy atom. The summed E-state index contributed by atoms with van der Waals surface area (Å²) in [7, 11) is -2.12. The zero-order chi connectivity index (χ0) is 16.2. The first-order chi connectivity index (χ1) is 9.69. The number of hydrogen-bond donors (Lipinski definition) is 3. The number of aliphatic hydroxyl groups excluding tert-OH is 2. The average Bonchev–Trinajstić information content (AvgIpc) is 2.37. The fourth-order valence-corrected chi connectivity index (χ4v) is 3.20. The molecule has 1 rings (SSSR count). The molecule has 0 saturated carbocycles. The van der Waals surface area contributed by atoms with Crippen LogP contribution < -0.4 is 10.5 Å². The maximum atomic E-state index is 12.2. The zero-order valence-corrected chi connectivity index (χ0v) is 13.2. The van der Waals surface area contributed by atoms with Crippen LogP contribution in [0.5, 0.6) is 5.75 Å². The predicted molar refractivity (Wildman–Crippen MR) is 79.5 cm³/mol. The molecular weight excluding hydrogens is 296 g/mol. The minimum absolute atomic E-state index is 0.00357. The van der Waals surface area contributed by atoms with Crippen molar-refractivity contribution in [2.75, 3.05) is 25.1 Å². The Morgan fingerprint density at radius 2 is 1.86 bits per heavy atom. The van der Waals surface area contributed by atoms with Gasteiger partial charge in [0.2, 0.25) is 0 Å². The molecule has 120 valence electrons. The fraction of sp³-hybridized carbons (Fsp3) is 0.538. The van der Waals surface area contributed by atoms with E-state index in [9.17, 15) is 18.6 Å². The first-order valence-corrected chi connectivity index (χ1v) is 8.12. The van der Waals surface area contributed by atoms with Gasteiger partial charge in [-0.1, -0.05) is 0 Å². The van der Waals surface area contributed by atoms with E-state index in [2.05, 4.69) is 0 Å². The van der Waals surface area contributed by atoms with Crippen molar-refractivity contribution in [3.63, 3.8) is 0 Å². The molecular formula is C13H22N2O5S. The molecule has 2 atom stereocenters. The minimum atomic E-state index is -3.57. The number of ether oxygens (including phenoxy) is 1. The third kappa shape index (κ3) is 4.57. The number of hydrogen-bond acceptors (Lipinski definition) is 7. The topological polar surface area (TPSA) is 113 Å². The molecule has 0 bridgehead atoms. The molecule has 0 spiro atoms. The predicted octanol–water partition coefficient (Wildman–Crippen LogP) is 0.0297. The molecule has 0 aliphatic carbocycles. The van der Waals surface area contributed by atoms with E-state index in [4.69, 9.17) is 10.5 Å².